The molecule has 1 N–H and O–H groups in total. The van der Waals surface area contributed by atoms with E-state index in [1.807, 2.05) is 31.1 Å². The van der Waals surface area contributed by atoms with Gasteiger partial charge in [-0.3, -0.25) is 0 Å². The Balaban J connectivity index is 0.00000264. The third kappa shape index (κ3) is 6.08. The molecule has 1 aromatic heterocycles. The van der Waals surface area contributed by atoms with Gasteiger partial charge in [0.1, 0.15) is 5.75 Å². The average Bonchev–Trinajstić information content (AvgIpc) is 3.01. The maximum atomic E-state index is 5.78. The fourth-order valence-electron chi connectivity index (χ4n) is 2.06. The smallest absolute Gasteiger partial charge is 0.317 e. The Kier molecular flexibility index (Phi) is 8.43. The van der Waals surface area contributed by atoms with E-state index in [0.717, 1.165) is 25.1 Å². The first-order chi connectivity index (χ1) is 10.7. The zero-order valence-electron chi connectivity index (χ0n) is 13.9. The van der Waals surface area contributed by atoms with Gasteiger partial charge in [0.25, 0.3) is 0 Å². The summed E-state index contributed by atoms with van der Waals surface area (Å²) in [5, 5.41) is 11.0. The van der Waals surface area contributed by atoms with Crippen LogP contribution in [0.25, 0.3) is 0 Å². The highest BCUT2D eigenvalue weighted by molar-refractivity contribution is 5.85. The van der Waals surface area contributed by atoms with Crippen molar-refractivity contribution in [1.29, 1.82) is 0 Å². The summed E-state index contributed by atoms with van der Waals surface area (Å²) in [5.74, 6) is 1.52. The monoisotopic (exact) mass is 340 g/mol. The summed E-state index contributed by atoms with van der Waals surface area (Å²) >= 11 is 0. The van der Waals surface area contributed by atoms with Crippen molar-refractivity contribution in [2.75, 3.05) is 32.1 Å². The lowest BCUT2D eigenvalue weighted by molar-refractivity contribution is 0.311. The molecule has 1 heterocycles. The van der Waals surface area contributed by atoms with E-state index >= 15 is 0 Å². The second kappa shape index (κ2) is 10.1. The van der Waals surface area contributed by atoms with Gasteiger partial charge in [-0.25, -0.2) is 0 Å². The third-order valence-electron chi connectivity index (χ3n) is 3.32. The molecule has 0 radical (unpaired) electrons. The predicted molar refractivity (Wildman–Crippen MR) is 93.5 cm³/mol. The lowest BCUT2D eigenvalue weighted by Gasteiger charge is -2.14. The van der Waals surface area contributed by atoms with Crippen LogP contribution < -0.4 is 15.0 Å². The highest BCUT2D eigenvalue weighted by atomic mass is 35.5. The molecule has 0 bridgehead atoms. The van der Waals surface area contributed by atoms with E-state index in [-0.39, 0.29) is 12.4 Å². The van der Waals surface area contributed by atoms with Crippen LogP contribution in [-0.2, 0) is 13.0 Å². The van der Waals surface area contributed by atoms with Gasteiger partial charge in [0.15, 0.2) is 0 Å². The summed E-state index contributed by atoms with van der Waals surface area (Å²) in [6.45, 7) is 4.18. The zero-order chi connectivity index (χ0) is 15.8. The number of anilines is 1. The molecule has 0 spiro atoms. The van der Waals surface area contributed by atoms with E-state index in [2.05, 4.69) is 34.6 Å². The van der Waals surface area contributed by atoms with Gasteiger partial charge in [0.2, 0.25) is 5.89 Å². The van der Waals surface area contributed by atoms with Crippen molar-refractivity contribution < 1.29 is 9.15 Å². The molecule has 0 saturated heterocycles. The molecule has 0 fully saturated rings. The number of benzene rings is 1. The second-order valence-corrected chi connectivity index (χ2v) is 5.13. The first-order valence-electron chi connectivity index (χ1n) is 7.62. The van der Waals surface area contributed by atoms with Gasteiger partial charge in [-0.15, -0.1) is 17.5 Å². The van der Waals surface area contributed by atoms with E-state index in [0.29, 0.717) is 25.1 Å². The molecule has 128 valence electrons. The Morgan fingerprint density at radius 1 is 1.30 bits per heavy atom. The molecular weight excluding hydrogens is 316 g/mol. The van der Waals surface area contributed by atoms with Crippen LogP contribution in [0.1, 0.15) is 24.8 Å². The summed E-state index contributed by atoms with van der Waals surface area (Å²) in [7, 11) is 3.78. The summed E-state index contributed by atoms with van der Waals surface area (Å²) < 4.78 is 11.3. The van der Waals surface area contributed by atoms with Crippen LogP contribution in [0.3, 0.4) is 0 Å². The molecule has 0 aliphatic carbocycles. The Labute approximate surface area is 143 Å². The number of aryl methyl sites for hydroxylation is 1. The first-order valence-corrected chi connectivity index (χ1v) is 7.62. The minimum absolute atomic E-state index is 0. The number of halogens is 1. The largest absolute Gasteiger partial charge is 0.494 e. The van der Waals surface area contributed by atoms with Crippen LogP contribution in [0.15, 0.2) is 28.7 Å². The van der Waals surface area contributed by atoms with Crippen molar-refractivity contribution in [3.63, 3.8) is 0 Å². The number of hydrogen-bond donors (Lipinski definition) is 1. The van der Waals surface area contributed by atoms with Gasteiger partial charge < -0.3 is 19.4 Å². The molecule has 0 amide bonds. The summed E-state index contributed by atoms with van der Waals surface area (Å²) in [5.41, 5.74) is 1.29. The van der Waals surface area contributed by atoms with Crippen LogP contribution in [0.4, 0.5) is 6.01 Å². The number of nitrogens with zero attached hydrogens (tertiary/aromatic N) is 3. The quantitative estimate of drug-likeness (QED) is 0.708. The van der Waals surface area contributed by atoms with Crippen LogP contribution in [0.2, 0.25) is 0 Å². The Bertz CT molecular complexity index is 577. The van der Waals surface area contributed by atoms with Crippen molar-refractivity contribution in [3.05, 3.63) is 35.7 Å². The minimum atomic E-state index is 0. The Morgan fingerprint density at radius 3 is 2.87 bits per heavy atom. The van der Waals surface area contributed by atoms with E-state index in [1.54, 1.807) is 0 Å². The Hall–Kier alpha value is -1.79. The fourth-order valence-corrected chi connectivity index (χ4v) is 2.06. The van der Waals surface area contributed by atoms with Crippen molar-refractivity contribution in [1.82, 2.24) is 15.5 Å². The standard InChI is InChI=1S/C16H24N4O2.ClH/c1-4-13-7-5-8-14(11-13)21-10-6-9-20(3)16-19-18-15(22-16)12-17-2;/h5,7-8,11,17H,4,6,9-10,12H2,1-3H3;1H. The molecule has 23 heavy (non-hydrogen) atoms. The molecule has 0 saturated carbocycles. The van der Waals surface area contributed by atoms with Crippen molar-refractivity contribution in [2.45, 2.75) is 26.3 Å². The van der Waals surface area contributed by atoms with E-state index in [9.17, 15) is 0 Å². The van der Waals surface area contributed by atoms with Crippen molar-refractivity contribution >= 4 is 18.4 Å². The third-order valence-corrected chi connectivity index (χ3v) is 3.32. The van der Waals surface area contributed by atoms with Gasteiger partial charge >= 0.3 is 6.01 Å². The topological polar surface area (TPSA) is 63.4 Å². The van der Waals surface area contributed by atoms with Gasteiger partial charge in [0, 0.05) is 13.6 Å². The molecule has 1 aromatic carbocycles. The maximum Gasteiger partial charge on any atom is 0.317 e. The van der Waals surface area contributed by atoms with Gasteiger partial charge in [0.05, 0.1) is 13.2 Å². The maximum absolute atomic E-state index is 5.78. The molecule has 7 heteroatoms. The van der Waals surface area contributed by atoms with E-state index < -0.39 is 0 Å². The van der Waals surface area contributed by atoms with Gasteiger partial charge in [-0.1, -0.05) is 24.2 Å². The zero-order valence-corrected chi connectivity index (χ0v) is 14.7. The molecule has 2 rings (SSSR count). The SMILES string of the molecule is CCc1cccc(OCCCN(C)c2nnc(CNC)o2)c1.Cl. The van der Waals surface area contributed by atoms with Crippen molar-refractivity contribution in [3.8, 4) is 5.75 Å². The lowest BCUT2D eigenvalue weighted by atomic mass is 10.2. The summed E-state index contributed by atoms with van der Waals surface area (Å²) in [6, 6.07) is 8.76. The number of aromatic nitrogens is 2. The van der Waals surface area contributed by atoms with Gasteiger partial charge in [-0.2, -0.15) is 0 Å². The average molecular weight is 341 g/mol. The number of nitrogens with one attached hydrogen (secondary N) is 1. The molecule has 0 aliphatic heterocycles. The Morgan fingerprint density at radius 2 is 2.13 bits per heavy atom. The molecule has 0 aliphatic rings. The van der Waals surface area contributed by atoms with Crippen molar-refractivity contribution in [2.24, 2.45) is 0 Å². The molecule has 0 atom stereocenters. The number of rotatable bonds is 9. The normalized spacial score (nSPS) is 10.2. The summed E-state index contributed by atoms with van der Waals surface area (Å²) in [4.78, 5) is 1.94. The highest BCUT2D eigenvalue weighted by Crippen LogP contribution is 2.14. The minimum Gasteiger partial charge on any atom is -0.494 e. The van der Waals surface area contributed by atoms with E-state index in [1.165, 1.54) is 5.56 Å². The fraction of sp³-hybridized carbons (Fsp3) is 0.500. The number of hydrogen-bond acceptors (Lipinski definition) is 6. The van der Waals surface area contributed by atoms with Crippen LogP contribution in [0.5, 0.6) is 5.75 Å². The van der Waals surface area contributed by atoms with Gasteiger partial charge in [-0.05, 0) is 37.6 Å². The lowest BCUT2D eigenvalue weighted by Crippen LogP contribution is -2.20. The molecule has 6 nitrogen and oxygen atoms in total. The first kappa shape index (κ1) is 19.3. The summed E-state index contributed by atoms with van der Waals surface area (Å²) in [6.07, 6.45) is 1.91. The molecule has 0 unspecified atom stereocenters. The highest BCUT2D eigenvalue weighted by Gasteiger charge is 2.09. The van der Waals surface area contributed by atoms with Crippen LogP contribution in [0, 0.1) is 0 Å². The van der Waals surface area contributed by atoms with Crippen LogP contribution >= 0.6 is 12.4 Å². The second-order valence-electron chi connectivity index (χ2n) is 5.13. The molecular formula is C16H25ClN4O2. The number of ether oxygens (including phenoxy) is 1. The van der Waals surface area contributed by atoms with E-state index in [4.69, 9.17) is 9.15 Å². The van der Waals surface area contributed by atoms with Crippen LogP contribution in [-0.4, -0.2) is 37.4 Å². The molecule has 2 aromatic rings. The predicted octanol–water partition coefficient (Wildman–Crippen LogP) is 2.68.